The Balaban J connectivity index is 2.43. The average molecular weight is 219 g/mol. The smallest absolute Gasteiger partial charge is 0.371 e. The van der Waals surface area contributed by atoms with Crippen LogP contribution in [0.2, 0.25) is 0 Å². The van der Waals surface area contributed by atoms with E-state index in [9.17, 15) is 9.18 Å². The summed E-state index contributed by atoms with van der Waals surface area (Å²) in [4.78, 5) is 13.4. The van der Waals surface area contributed by atoms with E-state index < -0.39 is 5.97 Å². The van der Waals surface area contributed by atoms with Gasteiger partial charge in [-0.3, -0.25) is 0 Å². The lowest BCUT2D eigenvalue weighted by Gasteiger charge is -1.90. The van der Waals surface area contributed by atoms with Crippen LogP contribution in [0.5, 0.6) is 0 Å². The second-order valence-electron chi connectivity index (χ2n) is 3.45. The lowest BCUT2D eigenvalue weighted by molar-refractivity contribution is 0.0664. The summed E-state index contributed by atoms with van der Waals surface area (Å²) in [5.41, 5.74) is 0.602. The number of aromatic carboxylic acids is 1. The summed E-state index contributed by atoms with van der Waals surface area (Å²) in [6.07, 6.45) is 0. The van der Waals surface area contributed by atoms with Crippen LogP contribution in [0.15, 0.2) is 28.7 Å². The Labute approximate surface area is 88.3 Å². The fourth-order valence-corrected chi connectivity index (χ4v) is 1.78. The van der Waals surface area contributed by atoms with Gasteiger partial charge in [0.25, 0.3) is 0 Å². The highest BCUT2D eigenvalue weighted by molar-refractivity contribution is 6.07. The number of carboxylic acids is 1. The zero-order chi connectivity index (χ0) is 11.3. The number of aromatic nitrogens is 1. The van der Waals surface area contributed by atoms with E-state index in [0.717, 1.165) is 0 Å². The van der Waals surface area contributed by atoms with Gasteiger partial charge in [0.2, 0.25) is 11.5 Å². The van der Waals surface area contributed by atoms with Gasteiger partial charge in [-0.2, -0.15) is 0 Å². The first-order valence-electron chi connectivity index (χ1n) is 4.60. The average Bonchev–Trinajstić information content (AvgIpc) is 2.76. The molecular weight excluding hydrogens is 213 g/mol. The number of fused-ring (bicyclic) bond motifs is 3. The quantitative estimate of drug-likeness (QED) is 0.661. The van der Waals surface area contributed by atoms with Crippen LogP contribution in [0.3, 0.4) is 0 Å². The van der Waals surface area contributed by atoms with Crippen molar-refractivity contribution in [1.82, 2.24) is 4.98 Å². The second-order valence-corrected chi connectivity index (χ2v) is 3.45. The minimum atomic E-state index is -1.14. The Morgan fingerprint density at radius 3 is 2.94 bits per heavy atom. The molecule has 3 aromatic rings. The Kier molecular flexibility index (Phi) is 1.60. The molecule has 3 rings (SSSR count). The molecule has 0 fully saturated rings. The molecule has 2 aromatic heterocycles. The number of halogens is 1. The van der Waals surface area contributed by atoms with Gasteiger partial charge in [-0.25, -0.2) is 9.18 Å². The lowest BCUT2D eigenvalue weighted by atomic mass is 10.2. The summed E-state index contributed by atoms with van der Waals surface area (Å²) >= 11 is 0. The van der Waals surface area contributed by atoms with E-state index >= 15 is 0 Å². The van der Waals surface area contributed by atoms with Gasteiger partial charge in [-0.15, -0.1) is 0 Å². The molecule has 0 unspecified atom stereocenters. The highest BCUT2D eigenvalue weighted by Gasteiger charge is 2.15. The molecule has 16 heavy (non-hydrogen) atoms. The maximum atomic E-state index is 13.4. The van der Waals surface area contributed by atoms with Crippen molar-refractivity contribution in [3.8, 4) is 0 Å². The van der Waals surface area contributed by atoms with E-state index in [1.54, 1.807) is 12.1 Å². The SMILES string of the molecule is O=C(O)c1cc2c([nH]c3c(F)cccc32)o1. The molecule has 0 atom stereocenters. The molecule has 2 N–H and O–H groups in total. The largest absolute Gasteiger partial charge is 0.475 e. The van der Waals surface area contributed by atoms with Crippen LogP contribution in [0.4, 0.5) is 4.39 Å². The van der Waals surface area contributed by atoms with Crippen molar-refractivity contribution < 1.29 is 18.7 Å². The minimum absolute atomic E-state index is 0.160. The van der Waals surface area contributed by atoms with Crippen molar-refractivity contribution >= 4 is 28.0 Å². The summed E-state index contributed by atoms with van der Waals surface area (Å²) in [6, 6.07) is 5.99. The molecule has 0 bridgehead atoms. The van der Waals surface area contributed by atoms with Crippen LogP contribution in [-0.4, -0.2) is 16.1 Å². The number of aromatic amines is 1. The van der Waals surface area contributed by atoms with E-state index in [1.807, 2.05) is 0 Å². The molecule has 0 aliphatic heterocycles. The molecule has 1 aromatic carbocycles. The fraction of sp³-hybridized carbons (Fsp3) is 0. The monoisotopic (exact) mass is 219 g/mol. The third-order valence-corrected chi connectivity index (χ3v) is 2.49. The summed E-state index contributed by atoms with van der Waals surface area (Å²) in [5.74, 6) is -1.69. The topological polar surface area (TPSA) is 66.2 Å². The van der Waals surface area contributed by atoms with Crippen molar-refractivity contribution in [3.63, 3.8) is 0 Å². The van der Waals surface area contributed by atoms with Gasteiger partial charge in [-0.05, 0) is 6.07 Å². The van der Waals surface area contributed by atoms with E-state index in [4.69, 9.17) is 9.52 Å². The van der Waals surface area contributed by atoms with Crippen molar-refractivity contribution in [2.45, 2.75) is 0 Å². The molecule has 4 nitrogen and oxygen atoms in total. The van der Waals surface area contributed by atoms with Crippen LogP contribution in [-0.2, 0) is 0 Å². The first-order chi connectivity index (χ1) is 7.66. The molecule has 0 saturated heterocycles. The van der Waals surface area contributed by atoms with Crippen molar-refractivity contribution in [3.05, 3.63) is 35.8 Å². The molecule has 0 spiro atoms. The van der Waals surface area contributed by atoms with Crippen LogP contribution >= 0.6 is 0 Å². The third-order valence-electron chi connectivity index (χ3n) is 2.49. The van der Waals surface area contributed by atoms with Crippen molar-refractivity contribution in [2.24, 2.45) is 0 Å². The number of para-hydroxylation sites is 1. The minimum Gasteiger partial charge on any atom is -0.475 e. The zero-order valence-corrected chi connectivity index (χ0v) is 7.95. The lowest BCUT2D eigenvalue weighted by Crippen LogP contribution is -1.91. The predicted octanol–water partition coefficient (Wildman–Crippen LogP) is 2.75. The molecule has 0 saturated carbocycles. The Morgan fingerprint density at radius 2 is 2.19 bits per heavy atom. The van der Waals surface area contributed by atoms with Gasteiger partial charge in [0.05, 0.1) is 5.52 Å². The maximum Gasteiger partial charge on any atom is 0.371 e. The van der Waals surface area contributed by atoms with Crippen LogP contribution in [0.1, 0.15) is 10.6 Å². The summed E-state index contributed by atoms with van der Waals surface area (Å²) < 4.78 is 18.4. The van der Waals surface area contributed by atoms with Gasteiger partial charge in [0.15, 0.2) is 0 Å². The number of furan rings is 1. The summed E-state index contributed by atoms with van der Waals surface area (Å²) in [5, 5.41) is 9.94. The molecule has 2 heterocycles. The summed E-state index contributed by atoms with van der Waals surface area (Å²) in [7, 11) is 0. The molecule has 0 radical (unpaired) electrons. The Morgan fingerprint density at radius 1 is 1.38 bits per heavy atom. The van der Waals surface area contributed by atoms with Gasteiger partial charge in [0, 0.05) is 16.8 Å². The first-order valence-corrected chi connectivity index (χ1v) is 4.60. The Hall–Kier alpha value is -2.30. The van der Waals surface area contributed by atoms with E-state index in [0.29, 0.717) is 16.3 Å². The zero-order valence-electron chi connectivity index (χ0n) is 7.95. The van der Waals surface area contributed by atoms with Crippen molar-refractivity contribution in [2.75, 3.05) is 0 Å². The van der Waals surface area contributed by atoms with Gasteiger partial charge < -0.3 is 14.5 Å². The van der Waals surface area contributed by atoms with E-state index in [2.05, 4.69) is 4.98 Å². The van der Waals surface area contributed by atoms with Gasteiger partial charge >= 0.3 is 5.97 Å². The van der Waals surface area contributed by atoms with E-state index in [1.165, 1.54) is 12.1 Å². The van der Waals surface area contributed by atoms with Gasteiger partial charge in [-0.1, -0.05) is 12.1 Å². The molecule has 5 heteroatoms. The van der Waals surface area contributed by atoms with E-state index in [-0.39, 0.29) is 17.3 Å². The van der Waals surface area contributed by atoms with Crippen LogP contribution in [0, 0.1) is 5.82 Å². The number of carboxylic acid groups (broad SMARTS) is 1. The number of benzene rings is 1. The van der Waals surface area contributed by atoms with Crippen molar-refractivity contribution in [1.29, 1.82) is 0 Å². The highest BCUT2D eigenvalue weighted by atomic mass is 19.1. The predicted molar refractivity (Wildman–Crippen MR) is 55.0 cm³/mol. The van der Waals surface area contributed by atoms with Crippen LogP contribution in [0.25, 0.3) is 22.0 Å². The number of rotatable bonds is 1. The number of H-pyrrole nitrogens is 1. The molecular formula is C11H6FNO3. The van der Waals surface area contributed by atoms with Crippen LogP contribution < -0.4 is 0 Å². The fourth-order valence-electron chi connectivity index (χ4n) is 1.78. The number of nitrogens with one attached hydrogen (secondary N) is 1. The van der Waals surface area contributed by atoms with Gasteiger partial charge in [0.1, 0.15) is 5.82 Å². The molecule has 0 amide bonds. The molecule has 0 aliphatic carbocycles. The normalized spacial score (nSPS) is 11.3. The number of hydrogen-bond acceptors (Lipinski definition) is 2. The maximum absolute atomic E-state index is 13.4. The summed E-state index contributed by atoms with van der Waals surface area (Å²) in [6.45, 7) is 0. The molecule has 0 aliphatic rings. The number of hydrogen-bond donors (Lipinski definition) is 2. The molecule has 80 valence electrons. The highest BCUT2D eigenvalue weighted by Crippen LogP contribution is 2.29. The third kappa shape index (κ3) is 1.05. The second kappa shape index (κ2) is 2.85. The standard InChI is InChI=1S/C11H6FNO3/c12-7-3-1-2-5-6-4-8(11(14)15)16-10(6)13-9(5)7/h1-4,13H,(H,14,15). The Bertz CT molecular complexity index is 710. The first kappa shape index (κ1) is 8.96. The number of carbonyl (C=O) groups is 1.